The molecule has 35 heavy (non-hydrogen) atoms. The zero-order chi connectivity index (χ0) is 25.2. The average Bonchev–Trinajstić information content (AvgIpc) is 3.35. The average molecular weight is 497 g/mol. The quantitative estimate of drug-likeness (QED) is 0.335. The standard InChI is InChI=1S/C26H32N4O4S/c1-5-7-15-34-20-13-11-18(12-14-20)23(31)27-22(17(3)6-2)24(32)28-26-30-29-25(35-26)19-9-8-10-21(16-19)33-4/h8-14,16-17,22H,5-7,15H2,1-4H3,(H,27,31)(H,28,30,32). The predicted octanol–water partition coefficient (Wildman–Crippen LogP) is 5.18. The van der Waals surface area contributed by atoms with Crippen LogP contribution in [0.15, 0.2) is 48.5 Å². The molecule has 186 valence electrons. The van der Waals surface area contributed by atoms with Crippen molar-refractivity contribution in [3.05, 3.63) is 54.1 Å². The molecule has 0 aliphatic carbocycles. The Morgan fingerprint density at radius 3 is 2.51 bits per heavy atom. The van der Waals surface area contributed by atoms with Gasteiger partial charge in [-0.25, -0.2) is 0 Å². The minimum Gasteiger partial charge on any atom is -0.497 e. The third-order valence-electron chi connectivity index (χ3n) is 5.64. The molecule has 2 amide bonds. The number of carbonyl (C=O) groups excluding carboxylic acids is 2. The molecule has 0 bridgehead atoms. The van der Waals surface area contributed by atoms with Crippen LogP contribution in [0.3, 0.4) is 0 Å². The van der Waals surface area contributed by atoms with Gasteiger partial charge >= 0.3 is 0 Å². The molecular weight excluding hydrogens is 464 g/mol. The van der Waals surface area contributed by atoms with Crippen LogP contribution < -0.4 is 20.1 Å². The molecule has 1 heterocycles. The highest BCUT2D eigenvalue weighted by Gasteiger charge is 2.27. The van der Waals surface area contributed by atoms with Gasteiger partial charge in [-0.1, -0.05) is 57.1 Å². The Bertz CT molecular complexity index is 1120. The molecule has 8 nitrogen and oxygen atoms in total. The van der Waals surface area contributed by atoms with E-state index in [9.17, 15) is 9.59 Å². The molecule has 2 atom stereocenters. The van der Waals surface area contributed by atoms with Crippen LogP contribution in [-0.2, 0) is 4.79 Å². The van der Waals surface area contributed by atoms with Crippen molar-refractivity contribution >= 4 is 28.3 Å². The number of amides is 2. The van der Waals surface area contributed by atoms with Crippen molar-refractivity contribution in [3.63, 3.8) is 0 Å². The first kappa shape index (κ1) is 26.2. The molecule has 0 spiro atoms. The molecule has 0 fully saturated rings. The molecule has 3 rings (SSSR count). The Labute approximate surface area is 210 Å². The smallest absolute Gasteiger partial charge is 0.251 e. The Morgan fingerprint density at radius 2 is 1.83 bits per heavy atom. The molecule has 1 aromatic heterocycles. The van der Waals surface area contributed by atoms with Gasteiger partial charge < -0.3 is 14.8 Å². The van der Waals surface area contributed by atoms with Crippen LogP contribution in [0.2, 0.25) is 0 Å². The first-order chi connectivity index (χ1) is 16.9. The van der Waals surface area contributed by atoms with Crippen molar-refractivity contribution < 1.29 is 19.1 Å². The van der Waals surface area contributed by atoms with Crippen LogP contribution in [-0.4, -0.2) is 41.8 Å². The van der Waals surface area contributed by atoms with Crippen molar-refractivity contribution in [2.24, 2.45) is 5.92 Å². The summed E-state index contributed by atoms with van der Waals surface area (Å²) in [7, 11) is 1.60. The fraction of sp³-hybridized carbons (Fsp3) is 0.385. The minimum absolute atomic E-state index is 0.0821. The Balaban J connectivity index is 1.66. The number of rotatable bonds is 12. The highest BCUT2D eigenvalue weighted by Crippen LogP contribution is 2.29. The fourth-order valence-electron chi connectivity index (χ4n) is 3.29. The maximum Gasteiger partial charge on any atom is 0.251 e. The second kappa shape index (κ2) is 12.9. The molecule has 0 saturated carbocycles. The van der Waals surface area contributed by atoms with Crippen LogP contribution in [0.25, 0.3) is 10.6 Å². The Hall–Kier alpha value is -3.46. The molecule has 2 unspecified atom stereocenters. The third kappa shape index (κ3) is 7.26. The molecule has 2 N–H and O–H groups in total. The number of carbonyl (C=O) groups is 2. The number of nitrogens with zero attached hydrogens (tertiary/aromatic N) is 2. The molecular formula is C26H32N4O4S. The van der Waals surface area contributed by atoms with Gasteiger partial charge in [-0.05, 0) is 48.7 Å². The van der Waals surface area contributed by atoms with Crippen molar-refractivity contribution in [2.45, 2.75) is 46.1 Å². The minimum atomic E-state index is -0.725. The number of hydrogen-bond acceptors (Lipinski definition) is 7. The molecule has 9 heteroatoms. The van der Waals surface area contributed by atoms with Gasteiger partial charge in [0.1, 0.15) is 22.5 Å². The number of ether oxygens (including phenoxy) is 2. The van der Waals surface area contributed by atoms with Gasteiger partial charge in [-0.15, -0.1) is 10.2 Å². The van der Waals surface area contributed by atoms with Crippen LogP contribution in [0.1, 0.15) is 50.4 Å². The normalized spacial score (nSPS) is 12.5. The summed E-state index contributed by atoms with van der Waals surface area (Å²) in [5.74, 6) is 0.694. The first-order valence-corrected chi connectivity index (χ1v) is 12.6. The van der Waals surface area contributed by atoms with Gasteiger partial charge in [0.05, 0.1) is 13.7 Å². The SMILES string of the molecule is CCCCOc1ccc(C(=O)NC(C(=O)Nc2nnc(-c3cccc(OC)c3)s2)C(C)CC)cc1. The van der Waals surface area contributed by atoms with E-state index in [-0.39, 0.29) is 17.7 Å². The monoisotopic (exact) mass is 496 g/mol. The first-order valence-electron chi connectivity index (χ1n) is 11.8. The zero-order valence-corrected chi connectivity index (χ0v) is 21.4. The molecule has 0 radical (unpaired) electrons. The molecule has 0 aliphatic rings. The summed E-state index contributed by atoms with van der Waals surface area (Å²) < 4.78 is 10.9. The van der Waals surface area contributed by atoms with Gasteiger partial charge in [0.15, 0.2) is 0 Å². The van der Waals surface area contributed by atoms with E-state index in [1.54, 1.807) is 31.4 Å². The fourth-order valence-corrected chi connectivity index (χ4v) is 4.04. The lowest BCUT2D eigenvalue weighted by molar-refractivity contribution is -0.119. The van der Waals surface area contributed by atoms with E-state index in [0.717, 1.165) is 18.4 Å². The van der Waals surface area contributed by atoms with E-state index in [2.05, 4.69) is 27.8 Å². The third-order valence-corrected chi connectivity index (χ3v) is 6.52. The summed E-state index contributed by atoms with van der Waals surface area (Å²) >= 11 is 1.26. The predicted molar refractivity (Wildman–Crippen MR) is 138 cm³/mol. The number of benzene rings is 2. The van der Waals surface area contributed by atoms with Crippen LogP contribution in [0.4, 0.5) is 5.13 Å². The summed E-state index contributed by atoms with van der Waals surface area (Å²) in [5, 5.41) is 15.0. The second-order valence-electron chi connectivity index (χ2n) is 8.20. The number of unbranched alkanes of at least 4 members (excludes halogenated alkanes) is 1. The lowest BCUT2D eigenvalue weighted by atomic mass is 9.98. The molecule has 3 aromatic rings. The van der Waals surface area contributed by atoms with Crippen molar-refractivity contribution in [1.82, 2.24) is 15.5 Å². The highest BCUT2D eigenvalue weighted by molar-refractivity contribution is 7.18. The van der Waals surface area contributed by atoms with Gasteiger partial charge in [0.25, 0.3) is 5.91 Å². The number of aromatic nitrogens is 2. The van der Waals surface area contributed by atoms with Crippen molar-refractivity contribution in [3.8, 4) is 22.1 Å². The van der Waals surface area contributed by atoms with Crippen LogP contribution in [0.5, 0.6) is 11.5 Å². The number of nitrogens with one attached hydrogen (secondary N) is 2. The van der Waals surface area contributed by atoms with Gasteiger partial charge in [0.2, 0.25) is 11.0 Å². The highest BCUT2D eigenvalue weighted by atomic mass is 32.1. The summed E-state index contributed by atoms with van der Waals surface area (Å²) in [6, 6.07) is 13.7. The molecule has 2 aromatic carbocycles. The molecule has 0 aliphatic heterocycles. The summed E-state index contributed by atoms with van der Waals surface area (Å²) in [5.41, 5.74) is 1.31. The lowest BCUT2D eigenvalue weighted by Crippen LogP contribution is -2.47. The van der Waals surface area contributed by atoms with E-state index in [0.29, 0.717) is 40.2 Å². The number of methoxy groups -OCH3 is 1. The van der Waals surface area contributed by atoms with Gasteiger partial charge in [-0.2, -0.15) is 0 Å². The van der Waals surface area contributed by atoms with Gasteiger partial charge in [-0.3, -0.25) is 14.9 Å². The van der Waals surface area contributed by atoms with E-state index in [1.165, 1.54) is 11.3 Å². The summed E-state index contributed by atoms with van der Waals surface area (Å²) in [4.78, 5) is 26.0. The van der Waals surface area contributed by atoms with Gasteiger partial charge in [0, 0.05) is 11.1 Å². The lowest BCUT2D eigenvalue weighted by Gasteiger charge is -2.23. The maximum absolute atomic E-state index is 13.1. The Kier molecular flexibility index (Phi) is 9.60. The van der Waals surface area contributed by atoms with E-state index < -0.39 is 6.04 Å². The topological polar surface area (TPSA) is 102 Å². The van der Waals surface area contributed by atoms with Crippen molar-refractivity contribution in [1.29, 1.82) is 0 Å². The largest absolute Gasteiger partial charge is 0.497 e. The van der Waals surface area contributed by atoms with Crippen LogP contribution >= 0.6 is 11.3 Å². The maximum atomic E-state index is 13.1. The summed E-state index contributed by atoms with van der Waals surface area (Å²) in [6.07, 6.45) is 2.75. The number of hydrogen-bond donors (Lipinski definition) is 2. The zero-order valence-electron chi connectivity index (χ0n) is 20.5. The summed E-state index contributed by atoms with van der Waals surface area (Å²) in [6.45, 7) is 6.65. The van der Waals surface area contributed by atoms with E-state index in [4.69, 9.17) is 9.47 Å². The molecule has 0 saturated heterocycles. The second-order valence-corrected chi connectivity index (χ2v) is 9.17. The van der Waals surface area contributed by atoms with E-state index >= 15 is 0 Å². The van der Waals surface area contributed by atoms with Crippen LogP contribution in [0, 0.1) is 5.92 Å². The van der Waals surface area contributed by atoms with E-state index in [1.807, 2.05) is 38.1 Å². The van der Waals surface area contributed by atoms with Crippen molar-refractivity contribution in [2.75, 3.05) is 19.0 Å². The number of anilines is 1. The Morgan fingerprint density at radius 1 is 1.06 bits per heavy atom.